The fraction of sp³-hybridized carbons (Fsp3) is 0.400. The number of benzene rings is 1. The average Bonchev–Trinajstić information content (AvgIpc) is 2.49. The number of fused-ring (bicyclic) bond motifs is 1. The first kappa shape index (κ1) is 8.51. The van der Waals surface area contributed by atoms with Crippen molar-refractivity contribution in [3.63, 3.8) is 0 Å². The third kappa shape index (κ3) is 1.52. The van der Waals surface area contributed by atoms with Crippen molar-refractivity contribution in [1.82, 2.24) is 0 Å². The van der Waals surface area contributed by atoms with Crippen LogP contribution in [0.25, 0.3) is 0 Å². The summed E-state index contributed by atoms with van der Waals surface area (Å²) in [5.74, 6) is 0.278. The summed E-state index contributed by atoms with van der Waals surface area (Å²) in [5, 5.41) is 3.18. The van der Waals surface area contributed by atoms with Crippen molar-refractivity contribution in [2.75, 3.05) is 18.4 Å². The van der Waals surface area contributed by atoms with Crippen LogP contribution in [-0.4, -0.2) is 13.1 Å². The maximum absolute atomic E-state index is 12.8. The van der Waals surface area contributed by atoms with Gasteiger partial charge in [0.1, 0.15) is 5.82 Å². The average molecular weight is 180 g/mol. The molecule has 13 heavy (non-hydrogen) atoms. The number of hydrogen-bond donors (Lipinski definition) is 2. The highest BCUT2D eigenvalue weighted by Gasteiger charge is 2.21. The van der Waals surface area contributed by atoms with Gasteiger partial charge < -0.3 is 11.1 Å². The van der Waals surface area contributed by atoms with Gasteiger partial charge in [-0.25, -0.2) is 4.39 Å². The molecule has 0 fully saturated rings. The molecule has 1 unspecified atom stereocenters. The van der Waals surface area contributed by atoms with Gasteiger partial charge in [-0.3, -0.25) is 0 Å². The Labute approximate surface area is 76.9 Å². The Hall–Kier alpha value is -1.09. The van der Waals surface area contributed by atoms with Crippen molar-refractivity contribution in [1.29, 1.82) is 0 Å². The molecule has 0 spiro atoms. The first-order valence-corrected chi connectivity index (χ1v) is 4.54. The van der Waals surface area contributed by atoms with Gasteiger partial charge in [-0.15, -0.1) is 0 Å². The first-order valence-electron chi connectivity index (χ1n) is 4.54. The number of anilines is 1. The van der Waals surface area contributed by atoms with Gasteiger partial charge in [0.25, 0.3) is 0 Å². The van der Waals surface area contributed by atoms with Crippen molar-refractivity contribution in [2.24, 2.45) is 5.73 Å². The van der Waals surface area contributed by atoms with E-state index in [0.29, 0.717) is 12.5 Å². The van der Waals surface area contributed by atoms with Crippen LogP contribution in [0, 0.1) is 5.82 Å². The number of hydrogen-bond acceptors (Lipinski definition) is 2. The maximum atomic E-state index is 12.8. The van der Waals surface area contributed by atoms with E-state index in [1.807, 2.05) is 6.07 Å². The molecule has 1 aromatic rings. The van der Waals surface area contributed by atoms with Crippen LogP contribution in [-0.2, 0) is 0 Å². The lowest BCUT2D eigenvalue weighted by Gasteiger charge is -2.07. The molecule has 1 atom stereocenters. The predicted octanol–water partition coefficient (Wildman–Crippen LogP) is 1.68. The Kier molecular flexibility index (Phi) is 2.19. The second-order valence-corrected chi connectivity index (χ2v) is 3.39. The minimum atomic E-state index is -0.181. The van der Waals surface area contributed by atoms with E-state index in [9.17, 15) is 4.39 Å². The van der Waals surface area contributed by atoms with Crippen LogP contribution in [0.4, 0.5) is 10.1 Å². The summed E-state index contributed by atoms with van der Waals surface area (Å²) in [7, 11) is 0. The summed E-state index contributed by atoms with van der Waals surface area (Å²) in [6, 6.07) is 4.91. The largest absolute Gasteiger partial charge is 0.384 e. The lowest BCUT2D eigenvalue weighted by atomic mass is 9.98. The van der Waals surface area contributed by atoms with Gasteiger partial charge in [0.2, 0.25) is 0 Å². The van der Waals surface area contributed by atoms with E-state index in [1.54, 1.807) is 6.07 Å². The van der Waals surface area contributed by atoms with Crippen LogP contribution in [0.15, 0.2) is 18.2 Å². The zero-order chi connectivity index (χ0) is 9.26. The number of nitrogens with two attached hydrogens (primary N) is 1. The molecule has 0 bridgehead atoms. The summed E-state index contributed by atoms with van der Waals surface area (Å²) in [6.07, 6.45) is 0.964. The lowest BCUT2D eigenvalue weighted by Crippen LogP contribution is -2.08. The Morgan fingerprint density at radius 1 is 1.54 bits per heavy atom. The van der Waals surface area contributed by atoms with E-state index >= 15 is 0 Å². The third-order valence-electron chi connectivity index (χ3n) is 2.51. The first-order chi connectivity index (χ1) is 6.31. The standard InChI is InChI=1S/C10H13FN2/c11-8-1-2-9-7(3-4-12)6-13-10(9)5-8/h1-2,5,7,13H,3-4,6,12H2. The molecule has 0 aliphatic carbocycles. The minimum Gasteiger partial charge on any atom is -0.384 e. The molecule has 0 saturated heterocycles. The molecule has 3 N–H and O–H groups in total. The highest BCUT2D eigenvalue weighted by molar-refractivity contribution is 5.57. The zero-order valence-electron chi connectivity index (χ0n) is 7.39. The Morgan fingerprint density at radius 2 is 2.38 bits per heavy atom. The van der Waals surface area contributed by atoms with E-state index in [1.165, 1.54) is 11.6 Å². The van der Waals surface area contributed by atoms with E-state index in [-0.39, 0.29) is 5.82 Å². The molecule has 3 heteroatoms. The van der Waals surface area contributed by atoms with Crippen molar-refractivity contribution in [3.05, 3.63) is 29.6 Å². The van der Waals surface area contributed by atoms with Crippen LogP contribution in [0.3, 0.4) is 0 Å². The number of rotatable bonds is 2. The Bertz CT molecular complexity index is 312. The summed E-state index contributed by atoms with van der Waals surface area (Å²) in [4.78, 5) is 0. The van der Waals surface area contributed by atoms with E-state index in [4.69, 9.17) is 5.73 Å². The minimum absolute atomic E-state index is 0.181. The van der Waals surface area contributed by atoms with Gasteiger partial charge in [0.05, 0.1) is 0 Å². The van der Waals surface area contributed by atoms with E-state index in [0.717, 1.165) is 18.7 Å². The van der Waals surface area contributed by atoms with Crippen molar-refractivity contribution in [3.8, 4) is 0 Å². The van der Waals surface area contributed by atoms with Crippen LogP contribution in [0.2, 0.25) is 0 Å². The van der Waals surface area contributed by atoms with E-state index < -0.39 is 0 Å². The number of nitrogens with one attached hydrogen (secondary N) is 1. The molecular weight excluding hydrogens is 167 g/mol. The monoisotopic (exact) mass is 180 g/mol. The maximum Gasteiger partial charge on any atom is 0.125 e. The van der Waals surface area contributed by atoms with Gasteiger partial charge in [0, 0.05) is 18.2 Å². The molecule has 2 nitrogen and oxygen atoms in total. The van der Waals surface area contributed by atoms with Crippen LogP contribution >= 0.6 is 0 Å². The SMILES string of the molecule is NCCC1CNc2cc(F)ccc21. The molecule has 1 heterocycles. The van der Waals surface area contributed by atoms with Gasteiger partial charge in [-0.2, -0.15) is 0 Å². The second kappa shape index (κ2) is 3.34. The van der Waals surface area contributed by atoms with Gasteiger partial charge in [-0.05, 0) is 30.7 Å². The highest BCUT2D eigenvalue weighted by Crippen LogP contribution is 2.33. The Balaban J connectivity index is 2.27. The summed E-state index contributed by atoms with van der Waals surface area (Å²) in [6.45, 7) is 1.57. The normalized spacial score (nSPS) is 19.7. The number of halogens is 1. The molecule has 1 aromatic carbocycles. The van der Waals surface area contributed by atoms with Crippen molar-refractivity contribution < 1.29 is 4.39 Å². The summed E-state index contributed by atoms with van der Waals surface area (Å²) >= 11 is 0. The van der Waals surface area contributed by atoms with Crippen molar-refractivity contribution in [2.45, 2.75) is 12.3 Å². The van der Waals surface area contributed by atoms with Crippen LogP contribution in [0.1, 0.15) is 17.9 Å². The van der Waals surface area contributed by atoms with Crippen LogP contribution < -0.4 is 11.1 Å². The molecule has 1 aliphatic heterocycles. The molecule has 2 rings (SSSR count). The molecule has 0 amide bonds. The molecule has 0 radical (unpaired) electrons. The smallest absolute Gasteiger partial charge is 0.125 e. The second-order valence-electron chi connectivity index (χ2n) is 3.39. The summed E-state index contributed by atoms with van der Waals surface area (Å²) < 4.78 is 12.8. The molecule has 1 aliphatic rings. The van der Waals surface area contributed by atoms with Gasteiger partial charge >= 0.3 is 0 Å². The van der Waals surface area contributed by atoms with Crippen molar-refractivity contribution >= 4 is 5.69 Å². The Morgan fingerprint density at radius 3 is 3.15 bits per heavy atom. The third-order valence-corrected chi connectivity index (χ3v) is 2.51. The fourth-order valence-corrected chi connectivity index (χ4v) is 1.84. The topological polar surface area (TPSA) is 38.0 Å². The quantitative estimate of drug-likeness (QED) is 0.726. The van der Waals surface area contributed by atoms with Crippen LogP contribution in [0.5, 0.6) is 0 Å². The predicted molar refractivity (Wildman–Crippen MR) is 51.3 cm³/mol. The summed E-state index contributed by atoms with van der Waals surface area (Å²) in [5.41, 5.74) is 7.62. The molecule has 0 aromatic heterocycles. The van der Waals surface area contributed by atoms with Gasteiger partial charge in [-0.1, -0.05) is 6.07 Å². The zero-order valence-corrected chi connectivity index (χ0v) is 7.39. The molecular formula is C10H13FN2. The molecule has 0 saturated carbocycles. The lowest BCUT2D eigenvalue weighted by molar-refractivity contribution is 0.627. The molecule has 70 valence electrons. The fourth-order valence-electron chi connectivity index (χ4n) is 1.84. The van der Waals surface area contributed by atoms with Gasteiger partial charge in [0.15, 0.2) is 0 Å². The van der Waals surface area contributed by atoms with E-state index in [2.05, 4.69) is 5.32 Å². The highest BCUT2D eigenvalue weighted by atomic mass is 19.1.